The Hall–Kier alpha value is -1.46. The van der Waals surface area contributed by atoms with Crippen LogP contribution in [0.2, 0.25) is 0 Å². The van der Waals surface area contributed by atoms with Crippen LogP contribution in [0.1, 0.15) is 35.6 Å². The van der Waals surface area contributed by atoms with Gasteiger partial charge in [-0.05, 0) is 19.4 Å². The Morgan fingerprint density at radius 1 is 1.44 bits per heavy atom. The largest absolute Gasteiger partial charge is 0.492 e. The summed E-state index contributed by atoms with van der Waals surface area (Å²) in [7, 11) is 0. The molecule has 2 aromatic rings. The molecule has 96 valence electrons. The van der Waals surface area contributed by atoms with E-state index in [0.29, 0.717) is 12.4 Å². The lowest BCUT2D eigenvalue weighted by atomic mass is 10.1. The summed E-state index contributed by atoms with van der Waals surface area (Å²) in [6.45, 7) is 4.59. The predicted octanol–water partition coefficient (Wildman–Crippen LogP) is 2.72. The lowest BCUT2D eigenvalue weighted by molar-refractivity contribution is 0.221. The number of aryl methyl sites for hydroxylation is 1. The standard InChI is InChI=1S/C13H16N2O2S/c1-3-4-17-11-5-10(6-14-7-11)12(16)13-9(2)15-8-18-13/h5-8,12,16H,3-4H2,1-2H3. The molecule has 0 spiro atoms. The summed E-state index contributed by atoms with van der Waals surface area (Å²) in [5.74, 6) is 0.690. The highest BCUT2D eigenvalue weighted by atomic mass is 32.1. The van der Waals surface area contributed by atoms with Gasteiger partial charge in [0.05, 0.1) is 28.9 Å². The third-order valence-corrected chi connectivity index (χ3v) is 3.54. The predicted molar refractivity (Wildman–Crippen MR) is 70.9 cm³/mol. The van der Waals surface area contributed by atoms with E-state index in [2.05, 4.69) is 9.97 Å². The van der Waals surface area contributed by atoms with Gasteiger partial charge in [-0.2, -0.15) is 0 Å². The van der Waals surface area contributed by atoms with Crippen molar-refractivity contribution in [2.24, 2.45) is 0 Å². The summed E-state index contributed by atoms with van der Waals surface area (Å²) in [6.07, 6.45) is 3.57. The summed E-state index contributed by atoms with van der Waals surface area (Å²) < 4.78 is 5.51. The van der Waals surface area contributed by atoms with Crippen molar-refractivity contribution < 1.29 is 9.84 Å². The number of hydrogen-bond donors (Lipinski definition) is 1. The number of aromatic nitrogens is 2. The average Bonchev–Trinajstić information content (AvgIpc) is 2.82. The molecule has 0 bridgehead atoms. The molecule has 0 aromatic carbocycles. The topological polar surface area (TPSA) is 55.2 Å². The van der Waals surface area contributed by atoms with Crippen LogP contribution in [0.25, 0.3) is 0 Å². The molecule has 0 radical (unpaired) electrons. The molecule has 0 aliphatic rings. The molecule has 4 nitrogen and oxygen atoms in total. The van der Waals surface area contributed by atoms with E-state index in [1.807, 2.05) is 19.9 Å². The van der Waals surface area contributed by atoms with Crippen LogP contribution >= 0.6 is 11.3 Å². The third-order valence-electron chi connectivity index (χ3n) is 2.55. The van der Waals surface area contributed by atoms with Crippen molar-refractivity contribution in [1.29, 1.82) is 0 Å². The van der Waals surface area contributed by atoms with Crippen LogP contribution in [-0.4, -0.2) is 21.7 Å². The minimum Gasteiger partial charge on any atom is -0.492 e. The Morgan fingerprint density at radius 3 is 2.94 bits per heavy atom. The Balaban J connectivity index is 2.20. The molecule has 1 unspecified atom stereocenters. The van der Waals surface area contributed by atoms with Crippen molar-refractivity contribution >= 4 is 11.3 Å². The summed E-state index contributed by atoms with van der Waals surface area (Å²) in [6, 6.07) is 1.83. The molecule has 0 saturated heterocycles. The molecule has 2 heterocycles. The van der Waals surface area contributed by atoms with E-state index in [0.717, 1.165) is 22.6 Å². The van der Waals surface area contributed by atoms with Crippen molar-refractivity contribution in [3.05, 3.63) is 40.1 Å². The van der Waals surface area contributed by atoms with E-state index < -0.39 is 6.10 Å². The van der Waals surface area contributed by atoms with Crippen molar-refractivity contribution in [3.8, 4) is 5.75 Å². The maximum Gasteiger partial charge on any atom is 0.137 e. The molecule has 1 N–H and O–H groups in total. The van der Waals surface area contributed by atoms with Crippen LogP contribution in [0.3, 0.4) is 0 Å². The minimum atomic E-state index is -0.685. The lowest BCUT2D eigenvalue weighted by Crippen LogP contribution is -2.02. The highest BCUT2D eigenvalue weighted by Gasteiger charge is 2.16. The van der Waals surface area contributed by atoms with Gasteiger partial charge in [-0.15, -0.1) is 11.3 Å². The Labute approximate surface area is 110 Å². The first kappa shape index (κ1) is 13.0. The van der Waals surface area contributed by atoms with Gasteiger partial charge in [0, 0.05) is 11.8 Å². The van der Waals surface area contributed by atoms with Crippen LogP contribution in [0.4, 0.5) is 0 Å². The second kappa shape index (κ2) is 5.93. The highest BCUT2D eigenvalue weighted by Crippen LogP contribution is 2.28. The zero-order valence-electron chi connectivity index (χ0n) is 10.5. The Bertz CT molecular complexity index is 513. The molecule has 1 atom stereocenters. The van der Waals surface area contributed by atoms with E-state index in [9.17, 15) is 5.11 Å². The van der Waals surface area contributed by atoms with E-state index in [1.54, 1.807) is 17.9 Å². The fourth-order valence-electron chi connectivity index (χ4n) is 1.61. The third kappa shape index (κ3) is 2.86. The molecule has 2 aromatic heterocycles. The van der Waals surface area contributed by atoms with Crippen molar-refractivity contribution in [2.75, 3.05) is 6.61 Å². The maximum atomic E-state index is 10.3. The van der Waals surface area contributed by atoms with Crippen LogP contribution < -0.4 is 4.74 Å². The van der Waals surface area contributed by atoms with Gasteiger partial charge in [0.15, 0.2) is 0 Å². The first-order valence-corrected chi connectivity index (χ1v) is 6.76. The SMILES string of the molecule is CCCOc1cncc(C(O)c2scnc2C)c1. The molecular weight excluding hydrogens is 248 g/mol. The molecule has 0 fully saturated rings. The first-order valence-electron chi connectivity index (χ1n) is 5.88. The molecule has 0 aliphatic carbocycles. The summed E-state index contributed by atoms with van der Waals surface area (Å²) >= 11 is 1.45. The number of ether oxygens (including phenoxy) is 1. The summed E-state index contributed by atoms with van der Waals surface area (Å²) in [4.78, 5) is 9.09. The molecule has 0 aliphatic heterocycles. The van der Waals surface area contributed by atoms with Gasteiger partial charge < -0.3 is 9.84 Å². The molecular formula is C13H16N2O2S. The van der Waals surface area contributed by atoms with E-state index in [1.165, 1.54) is 11.3 Å². The summed E-state index contributed by atoms with van der Waals surface area (Å²) in [5.41, 5.74) is 3.32. The molecule has 0 saturated carbocycles. The summed E-state index contributed by atoms with van der Waals surface area (Å²) in [5, 5.41) is 10.3. The fourth-order valence-corrected chi connectivity index (χ4v) is 2.42. The van der Waals surface area contributed by atoms with Gasteiger partial charge in [-0.3, -0.25) is 4.98 Å². The normalized spacial score (nSPS) is 12.4. The number of rotatable bonds is 5. The second-order valence-corrected chi connectivity index (χ2v) is 4.89. The zero-order valence-corrected chi connectivity index (χ0v) is 11.3. The van der Waals surface area contributed by atoms with Crippen LogP contribution in [0.5, 0.6) is 5.75 Å². The molecule has 5 heteroatoms. The van der Waals surface area contributed by atoms with Crippen molar-refractivity contribution in [3.63, 3.8) is 0 Å². The fraction of sp³-hybridized carbons (Fsp3) is 0.385. The number of nitrogens with zero attached hydrogens (tertiary/aromatic N) is 2. The number of thiazole rings is 1. The quantitative estimate of drug-likeness (QED) is 0.902. The maximum absolute atomic E-state index is 10.3. The van der Waals surface area contributed by atoms with E-state index in [-0.39, 0.29) is 0 Å². The number of aliphatic hydroxyl groups is 1. The number of aliphatic hydroxyl groups excluding tert-OH is 1. The van der Waals surface area contributed by atoms with Gasteiger partial charge in [0.2, 0.25) is 0 Å². The molecule has 0 amide bonds. The van der Waals surface area contributed by atoms with Crippen LogP contribution in [0.15, 0.2) is 24.0 Å². The average molecular weight is 264 g/mol. The molecule has 18 heavy (non-hydrogen) atoms. The van der Waals surface area contributed by atoms with Crippen LogP contribution in [-0.2, 0) is 0 Å². The van der Waals surface area contributed by atoms with E-state index in [4.69, 9.17) is 4.74 Å². The van der Waals surface area contributed by atoms with Crippen molar-refractivity contribution in [1.82, 2.24) is 9.97 Å². The van der Waals surface area contributed by atoms with Gasteiger partial charge in [0.25, 0.3) is 0 Å². The minimum absolute atomic E-state index is 0.654. The first-order chi connectivity index (χ1) is 8.72. The smallest absolute Gasteiger partial charge is 0.137 e. The van der Waals surface area contributed by atoms with Gasteiger partial charge in [0.1, 0.15) is 11.9 Å². The number of pyridine rings is 1. The van der Waals surface area contributed by atoms with Gasteiger partial charge in [-0.1, -0.05) is 6.92 Å². The van der Waals surface area contributed by atoms with Crippen molar-refractivity contribution in [2.45, 2.75) is 26.4 Å². The zero-order chi connectivity index (χ0) is 13.0. The number of hydrogen-bond acceptors (Lipinski definition) is 5. The monoisotopic (exact) mass is 264 g/mol. The Morgan fingerprint density at radius 2 is 2.28 bits per heavy atom. The highest BCUT2D eigenvalue weighted by molar-refractivity contribution is 7.09. The van der Waals surface area contributed by atoms with Gasteiger partial charge in [-0.25, -0.2) is 4.98 Å². The van der Waals surface area contributed by atoms with Gasteiger partial charge >= 0.3 is 0 Å². The Kier molecular flexibility index (Phi) is 4.28. The van der Waals surface area contributed by atoms with E-state index >= 15 is 0 Å². The second-order valence-electron chi connectivity index (χ2n) is 4.01. The lowest BCUT2D eigenvalue weighted by Gasteiger charge is -2.11. The van der Waals surface area contributed by atoms with Crippen LogP contribution in [0, 0.1) is 6.92 Å². The molecule has 2 rings (SSSR count).